The molecule has 0 aromatic heterocycles. The predicted octanol–water partition coefficient (Wildman–Crippen LogP) is 3.69. The molecule has 0 radical (unpaired) electrons. The number of nitrogens with one attached hydrogen (secondary N) is 1. The maximum Gasteiger partial charge on any atom is 0.283 e. The zero-order valence-electron chi connectivity index (χ0n) is 11.8. The molecule has 0 saturated carbocycles. The summed E-state index contributed by atoms with van der Waals surface area (Å²) in [6, 6.07) is 13.4. The number of aliphatic imine (C=N–C) groups is 1. The summed E-state index contributed by atoms with van der Waals surface area (Å²) < 4.78 is 13.0. The SMILES string of the molecule is N=C1C(=Cc2ccc(F)cc2)C(=O)N=C2Sc3ccccc3N12. The minimum absolute atomic E-state index is 0.0850. The van der Waals surface area contributed by atoms with Crippen LogP contribution in [0.15, 0.2) is 64.0 Å². The Bertz CT molecular complexity index is 902. The van der Waals surface area contributed by atoms with Crippen LogP contribution in [0.1, 0.15) is 5.56 Å². The molecular formula is C17H10FN3OS. The molecule has 4 nitrogen and oxygen atoms in total. The molecule has 2 aliphatic heterocycles. The van der Waals surface area contributed by atoms with Crippen LogP contribution in [0.2, 0.25) is 0 Å². The summed E-state index contributed by atoms with van der Waals surface area (Å²) in [5.41, 5.74) is 1.69. The highest BCUT2D eigenvalue weighted by Crippen LogP contribution is 2.42. The molecule has 0 fully saturated rings. The zero-order chi connectivity index (χ0) is 16.0. The van der Waals surface area contributed by atoms with Crippen molar-refractivity contribution in [2.75, 3.05) is 4.90 Å². The molecular weight excluding hydrogens is 313 g/mol. The number of hydrogen-bond donors (Lipinski definition) is 1. The summed E-state index contributed by atoms with van der Waals surface area (Å²) in [5, 5.41) is 8.89. The number of anilines is 1. The lowest BCUT2D eigenvalue weighted by Crippen LogP contribution is -2.39. The van der Waals surface area contributed by atoms with Gasteiger partial charge in [-0.3, -0.25) is 15.1 Å². The third-order valence-corrected chi connectivity index (χ3v) is 4.61. The first kappa shape index (κ1) is 13.9. The van der Waals surface area contributed by atoms with Gasteiger partial charge in [-0.15, -0.1) is 0 Å². The van der Waals surface area contributed by atoms with E-state index in [1.165, 1.54) is 23.9 Å². The summed E-state index contributed by atoms with van der Waals surface area (Å²) in [6.07, 6.45) is 1.57. The highest BCUT2D eigenvalue weighted by molar-refractivity contribution is 8.15. The Morgan fingerprint density at radius 1 is 1.13 bits per heavy atom. The van der Waals surface area contributed by atoms with E-state index in [2.05, 4.69) is 4.99 Å². The van der Waals surface area contributed by atoms with Crippen LogP contribution >= 0.6 is 11.8 Å². The average Bonchev–Trinajstić information content (AvgIpc) is 2.91. The molecule has 4 rings (SSSR count). The second kappa shape index (κ2) is 5.17. The molecule has 0 unspecified atom stereocenters. The van der Waals surface area contributed by atoms with E-state index < -0.39 is 5.91 Å². The number of fused-ring (bicyclic) bond motifs is 3. The molecule has 2 aromatic carbocycles. The number of rotatable bonds is 1. The van der Waals surface area contributed by atoms with Crippen molar-refractivity contribution in [2.45, 2.75) is 4.90 Å². The lowest BCUT2D eigenvalue weighted by molar-refractivity contribution is -0.113. The van der Waals surface area contributed by atoms with E-state index in [1.807, 2.05) is 24.3 Å². The van der Waals surface area contributed by atoms with E-state index in [9.17, 15) is 9.18 Å². The van der Waals surface area contributed by atoms with Crippen molar-refractivity contribution in [1.82, 2.24) is 0 Å². The van der Waals surface area contributed by atoms with E-state index in [-0.39, 0.29) is 17.2 Å². The first-order valence-corrected chi connectivity index (χ1v) is 7.71. The van der Waals surface area contributed by atoms with Gasteiger partial charge in [0.1, 0.15) is 11.7 Å². The Balaban J connectivity index is 1.79. The van der Waals surface area contributed by atoms with Gasteiger partial charge in [-0.2, -0.15) is 4.99 Å². The number of benzene rings is 2. The van der Waals surface area contributed by atoms with Gasteiger partial charge in [-0.1, -0.05) is 24.3 Å². The monoisotopic (exact) mass is 323 g/mol. The van der Waals surface area contributed by atoms with Crippen LogP contribution in [0.5, 0.6) is 0 Å². The Morgan fingerprint density at radius 2 is 1.87 bits per heavy atom. The molecule has 0 saturated heterocycles. The number of para-hydroxylation sites is 1. The van der Waals surface area contributed by atoms with Gasteiger partial charge < -0.3 is 0 Å². The Hall–Kier alpha value is -2.73. The van der Waals surface area contributed by atoms with Crippen LogP contribution < -0.4 is 4.90 Å². The lowest BCUT2D eigenvalue weighted by atomic mass is 10.1. The van der Waals surface area contributed by atoms with Gasteiger partial charge in [-0.25, -0.2) is 4.39 Å². The van der Waals surface area contributed by atoms with Gasteiger partial charge in [-0.05, 0) is 47.7 Å². The summed E-state index contributed by atoms with van der Waals surface area (Å²) in [5.74, 6) is -0.713. The van der Waals surface area contributed by atoms with Crippen molar-refractivity contribution < 1.29 is 9.18 Å². The van der Waals surface area contributed by atoms with Gasteiger partial charge in [0.15, 0.2) is 5.17 Å². The number of amides is 1. The van der Waals surface area contributed by atoms with Crippen molar-refractivity contribution in [3.8, 4) is 0 Å². The first-order chi connectivity index (χ1) is 11.1. The summed E-state index contributed by atoms with van der Waals surface area (Å²) >= 11 is 1.38. The molecule has 6 heteroatoms. The fourth-order valence-electron chi connectivity index (χ4n) is 2.49. The van der Waals surface area contributed by atoms with Crippen LogP contribution in [-0.2, 0) is 4.79 Å². The minimum atomic E-state index is -0.453. The fourth-order valence-corrected chi connectivity index (χ4v) is 3.51. The van der Waals surface area contributed by atoms with Crippen molar-refractivity contribution in [3.63, 3.8) is 0 Å². The lowest BCUT2D eigenvalue weighted by Gasteiger charge is -2.24. The van der Waals surface area contributed by atoms with E-state index in [0.29, 0.717) is 10.7 Å². The third kappa shape index (κ3) is 2.27. The quantitative estimate of drug-likeness (QED) is 0.814. The van der Waals surface area contributed by atoms with Crippen LogP contribution in [0.25, 0.3) is 6.08 Å². The number of nitrogens with zero attached hydrogens (tertiary/aromatic N) is 2. The van der Waals surface area contributed by atoms with Gasteiger partial charge in [0.25, 0.3) is 5.91 Å². The number of carbonyl (C=O) groups excluding carboxylic acids is 1. The number of halogens is 1. The summed E-state index contributed by atoms with van der Waals surface area (Å²) in [4.78, 5) is 19.0. The molecule has 23 heavy (non-hydrogen) atoms. The topological polar surface area (TPSA) is 56.5 Å². The highest BCUT2D eigenvalue weighted by atomic mass is 32.2. The average molecular weight is 323 g/mol. The van der Waals surface area contributed by atoms with Gasteiger partial charge in [0, 0.05) is 4.90 Å². The summed E-state index contributed by atoms with van der Waals surface area (Å²) in [7, 11) is 0. The van der Waals surface area contributed by atoms with Crippen LogP contribution in [0.3, 0.4) is 0 Å². The van der Waals surface area contributed by atoms with Gasteiger partial charge in [0.2, 0.25) is 0 Å². The Kier molecular flexibility index (Phi) is 3.12. The van der Waals surface area contributed by atoms with E-state index in [1.54, 1.807) is 23.1 Å². The van der Waals surface area contributed by atoms with E-state index in [4.69, 9.17) is 5.41 Å². The maximum atomic E-state index is 13.0. The first-order valence-electron chi connectivity index (χ1n) is 6.90. The number of hydrogen-bond acceptors (Lipinski definition) is 3. The highest BCUT2D eigenvalue weighted by Gasteiger charge is 2.37. The Labute approximate surface area is 135 Å². The van der Waals surface area contributed by atoms with Gasteiger partial charge >= 0.3 is 0 Å². The largest absolute Gasteiger partial charge is 0.283 e. The van der Waals surface area contributed by atoms with E-state index >= 15 is 0 Å². The molecule has 2 aliphatic rings. The molecule has 0 bridgehead atoms. The Morgan fingerprint density at radius 3 is 2.65 bits per heavy atom. The second-order valence-corrected chi connectivity index (χ2v) is 6.07. The second-order valence-electron chi connectivity index (χ2n) is 5.06. The number of thioether (sulfide) groups is 1. The normalized spacial score (nSPS) is 18.0. The predicted molar refractivity (Wildman–Crippen MR) is 89.3 cm³/mol. The number of carbonyl (C=O) groups is 1. The molecule has 0 spiro atoms. The molecule has 0 aliphatic carbocycles. The van der Waals surface area contributed by atoms with Crippen LogP contribution in [-0.4, -0.2) is 16.9 Å². The standard InChI is InChI=1S/C17H10FN3OS/c18-11-7-5-10(6-8-11)9-12-15(19)21-13-3-1-2-4-14(13)23-17(21)20-16(12)22/h1-9,19H. The maximum absolute atomic E-state index is 13.0. The molecule has 1 N–H and O–H groups in total. The molecule has 2 heterocycles. The van der Waals surface area contributed by atoms with Crippen LogP contribution in [0, 0.1) is 11.2 Å². The molecule has 0 atom stereocenters. The molecule has 112 valence electrons. The zero-order valence-corrected chi connectivity index (χ0v) is 12.6. The summed E-state index contributed by atoms with van der Waals surface area (Å²) in [6.45, 7) is 0. The molecule has 2 aromatic rings. The molecule has 1 amide bonds. The van der Waals surface area contributed by atoms with Crippen molar-refractivity contribution in [3.05, 3.63) is 65.5 Å². The van der Waals surface area contributed by atoms with Gasteiger partial charge in [0.05, 0.1) is 11.3 Å². The smallest absolute Gasteiger partial charge is 0.283 e. The van der Waals surface area contributed by atoms with Crippen molar-refractivity contribution in [1.29, 1.82) is 5.41 Å². The fraction of sp³-hybridized carbons (Fsp3) is 0. The third-order valence-electron chi connectivity index (χ3n) is 3.59. The van der Waals surface area contributed by atoms with E-state index in [0.717, 1.165) is 10.6 Å². The van der Waals surface area contributed by atoms with Crippen LogP contribution in [0.4, 0.5) is 10.1 Å². The van der Waals surface area contributed by atoms with Crippen molar-refractivity contribution in [2.24, 2.45) is 4.99 Å². The minimum Gasteiger partial charge on any atom is -0.283 e. The number of amidine groups is 2. The van der Waals surface area contributed by atoms with Crippen molar-refractivity contribution >= 4 is 40.4 Å².